The lowest BCUT2D eigenvalue weighted by molar-refractivity contribution is -0.143. The highest BCUT2D eigenvalue weighted by Gasteiger charge is 2.31. The fourth-order valence-electron chi connectivity index (χ4n) is 3.00. The summed E-state index contributed by atoms with van der Waals surface area (Å²) in [5, 5.41) is 26.2. The van der Waals surface area contributed by atoms with Gasteiger partial charge in [0.15, 0.2) is 0 Å². The van der Waals surface area contributed by atoms with E-state index in [1.54, 1.807) is 30.3 Å². The molecule has 0 aliphatic rings. The maximum atomic E-state index is 13.1. The van der Waals surface area contributed by atoms with E-state index in [1.165, 1.54) is 18.7 Å². The molecule has 1 rings (SSSR count). The summed E-state index contributed by atoms with van der Waals surface area (Å²) < 4.78 is 0. The van der Waals surface area contributed by atoms with Gasteiger partial charge in [0.05, 0.1) is 12.5 Å². The highest BCUT2D eigenvalue weighted by atomic mass is 32.2. The summed E-state index contributed by atoms with van der Waals surface area (Å²) in [7, 11) is 0. The monoisotopic (exact) mass is 511 g/mol. The van der Waals surface area contributed by atoms with Gasteiger partial charge in [0.2, 0.25) is 23.6 Å². The standard InChI is InChI=1S/C22H33N5O7S/c1-12(28)18(24)21(32)25-14(8-9-35-2)19(30)26-15(10-13-6-4-3-5-7-13)20(31)27-16(22(33)34)11-17(23)29/h3-7,12,14-16,18,28H,8-11,24H2,1-2H3,(H2,23,29)(H,25,32)(H,26,30)(H,27,31)(H,33,34). The van der Waals surface area contributed by atoms with Crippen LogP contribution < -0.4 is 27.4 Å². The summed E-state index contributed by atoms with van der Waals surface area (Å²) in [5.41, 5.74) is 11.4. The predicted octanol–water partition coefficient (Wildman–Crippen LogP) is -1.90. The molecule has 5 unspecified atom stereocenters. The number of aliphatic hydroxyl groups excluding tert-OH is 1. The molecule has 1 aromatic carbocycles. The normalized spacial score (nSPS) is 15.1. The number of thioether (sulfide) groups is 1. The maximum absolute atomic E-state index is 13.1. The van der Waals surface area contributed by atoms with Gasteiger partial charge in [0.25, 0.3) is 0 Å². The number of carbonyl (C=O) groups is 5. The smallest absolute Gasteiger partial charge is 0.326 e. The van der Waals surface area contributed by atoms with Crippen LogP contribution in [0.3, 0.4) is 0 Å². The van der Waals surface area contributed by atoms with Gasteiger partial charge in [-0.1, -0.05) is 30.3 Å². The van der Waals surface area contributed by atoms with Crippen LogP contribution in [0.25, 0.3) is 0 Å². The van der Waals surface area contributed by atoms with Gasteiger partial charge in [-0.15, -0.1) is 0 Å². The van der Waals surface area contributed by atoms with Crippen molar-refractivity contribution in [3.63, 3.8) is 0 Å². The fraction of sp³-hybridized carbons (Fsp3) is 0.500. The zero-order valence-electron chi connectivity index (χ0n) is 19.6. The summed E-state index contributed by atoms with van der Waals surface area (Å²) in [6.07, 6.45) is 0.266. The predicted molar refractivity (Wildman–Crippen MR) is 130 cm³/mol. The average Bonchev–Trinajstić information content (AvgIpc) is 2.80. The van der Waals surface area contributed by atoms with Crippen LogP contribution in [0.2, 0.25) is 0 Å². The zero-order chi connectivity index (χ0) is 26.5. The Hall–Kier alpha value is -3.16. The number of aliphatic carboxylic acids is 1. The first-order valence-electron chi connectivity index (χ1n) is 10.8. The molecule has 12 nitrogen and oxygen atoms in total. The van der Waals surface area contributed by atoms with E-state index in [1.807, 2.05) is 6.26 Å². The molecule has 4 amide bonds. The number of carbonyl (C=O) groups excluding carboxylic acids is 4. The topological polar surface area (TPSA) is 214 Å². The van der Waals surface area contributed by atoms with Crippen molar-refractivity contribution in [2.45, 2.75) is 56.5 Å². The second-order valence-corrected chi connectivity index (χ2v) is 8.92. The van der Waals surface area contributed by atoms with Crippen LogP contribution in [-0.4, -0.2) is 82.1 Å². The van der Waals surface area contributed by atoms with Crippen molar-refractivity contribution in [3.05, 3.63) is 35.9 Å². The molecule has 0 saturated heterocycles. The zero-order valence-corrected chi connectivity index (χ0v) is 20.4. The van der Waals surface area contributed by atoms with Crippen molar-refractivity contribution in [1.29, 1.82) is 0 Å². The van der Waals surface area contributed by atoms with Gasteiger partial charge < -0.3 is 37.6 Å². The number of rotatable bonds is 15. The SMILES string of the molecule is CSCCC(NC(=O)C(N)C(C)O)C(=O)NC(Cc1ccccc1)C(=O)NC(CC(N)=O)C(=O)O. The third-order valence-electron chi connectivity index (χ3n) is 5.00. The number of hydrogen-bond acceptors (Lipinski definition) is 8. The summed E-state index contributed by atoms with van der Waals surface area (Å²) in [6.45, 7) is 1.34. The molecule has 0 fully saturated rings. The molecule has 0 saturated carbocycles. The van der Waals surface area contributed by atoms with Gasteiger partial charge in [-0.25, -0.2) is 4.79 Å². The molecule has 0 heterocycles. The molecule has 0 aliphatic heterocycles. The molecular formula is C22H33N5O7S. The summed E-state index contributed by atoms with van der Waals surface area (Å²) in [6, 6.07) is 3.56. The van der Waals surface area contributed by atoms with Crippen molar-refractivity contribution < 1.29 is 34.2 Å². The third kappa shape index (κ3) is 10.8. The molecule has 194 valence electrons. The average molecular weight is 512 g/mol. The molecule has 0 radical (unpaired) electrons. The second kappa shape index (κ2) is 15.0. The van der Waals surface area contributed by atoms with Crippen LogP contribution in [0.4, 0.5) is 0 Å². The minimum Gasteiger partial charge on any atom is -0.480 e. The lowest BCUT2D eigenvalue weighted by atomic mass is 10.0. The Kier molecular flexibility index (Phi) is 12.8. The van der Waals surface area contributed by atoms with E-state index in [9.17, 15) is 34.2 Å². The van der Waals surface area contributed by atoms with Crippen LogP contribution in [0.1, 0.15) is 25.3 Å². The van der Waals surface area contributed by atoms with Gasteiger partial charge in [-0.05, 0) is 30.9 Å². The van der Waals surface area contributed by atoms with Crippen molar-refractivity contribution in [2.75, 3.05) is 12.0 Å². The largest absolute Gasteiger partial charge is 0.480 e. The molecule has 13 heteroatoms. The quantitative estimate of drug-likeness (QED) is 0.140. The Labute approximate surface area is 207 Å². The Bertz CT molecular complexity index is 884. The van der Waals surface area contributed by atoms with Crippen molar-refractivity contribution in [3.8, 4) is 0 Å². The Balaban J connectivity index is 3.11. The van der Waals surface area contributed by atoms with E-state index < -0.39 is 66.3 Å². The number of primary amides is 1. The molecule has 0 bridgehead atoms. The molecule has 35 heavy (non-hydrogen) atoms. The summed E-state index contributed by atoms with van der Waals surface area (Å²) in [5.74, 6) is -4.15. The van der Waals surface area contributed by atoms with Crippen molar-refractivity contribution in [2.24, 2.45) is 11.5 Å². The number of benzene rings is 1. The van der Waals surface area contributed by atoms with Crippen LogP contribution >= 0.6 is 11.8 Å². The highest BCUT2D eigenvalue weighted by Crippen LogP contribution is 2.07. The van der Waals surface area contributed by atoms with E-state index >= 15 is 0 Å². The number of nitrogens with one attached hydrogen (secondary N) is 3. The van der Waals surface area contributed by atoms with Crippen molar-refractivity contribution in [1.82, 2.24) is 16.0 Å². The number of hydrogen-bond donors (Lipinski definition) is 7. The minimum atomic E-state index is -1.58. The van der Waals surface area contributed by atoms with Gasteiger partial charge in [0, 0.05) is 6.42 Å². The molecule has 0 aromatic heterocycles. The van der Waals surface area contributed by atoms with Gasteiger partial charge in [-0.2, -0.15) is 11.8 Å². The van der Waals surface area contributed by atoms with Crippen molar-refractivity contribution >= 4 is 41.4 Å². The molecule has 9 N–H and O–H groups in total. The Morgan fingerprint density at radius 2 is 1.49 bits per heavy atom. The lowest BCUT2D eigenvalue weighted by Gasteiger charge is -2.25. The van der Waals surface area contributed by atoms with E-state index in [0.717, 1.165) is 0 Å². The van der Waals surface area contributed by atoms with E-state index in [4.69, 9.17) is 11.5 Å². The van der Waals surface area contributed by atoms with Crippen LogP contribution in [0.15, 0.2) is 30.3 Å². The number of aliphatic hydroxyl groups is 1. The molecule has 5 atom stereocenters. The highest BCUT2D eigenvalue weighted by molar-refractivity contribution is 7.98. The number of amides is 4. The number of carboxylic acids is 1. The maximum Gasteiger partial charge on any atom is 0.326 e. The Morgan fingerprint density at radius 1 is 0.943 bits per heavy atom. The number of nitrogens with two attached hydrogens (primary N) is 2. The van der Waals surface area contributed by atoms with Gasteiger partial charge >= 0.3 is 5.97 Å². The van der Waals surface area contributed by atoms with E-state index in [2.05, 4.69) is 16.0 Å². The van der Waals surface area contributed by atoms with Crippen LogP contribution in [0, 0.1) is 0 Å². The summed E-state index contributed by atoms with van der Waals surface area (Å²) >= 11 is 1.43. The molecular weight excluding hydrogens is 478 g/mol. The fourth-order valence-corrected chi connectivity index (χ4v) is 3.47. The Morgan fingerprint density at radius 3 is 2.00 bits per heavy atom. The van der Waals surface area contributed by atoms with E-state index in [-0.39, 0.29) is 12.8 Å². The number of carboxylic acid groups (broad SMARTS) is 1. The minimum absolute atomic E-state index is 0.0116. The van der Waals surface area contributed by atoms with Crippen LogP contribution in [-0.2, 0) is 30.4 Å². The van der Waals surface area contributed by atoms with Crippen LogP contribution in [0.5, 0.6) is 0 Å². The first-order chi connectivity index (χ1) is 16.5. The van der Waals surface area contributed by atoms with E-state index in [0.29, 0.717) is 11.3 Å². The summed E-state index contributed by atoms with van der Waals surface area (Å²) in [4.78, 5) is 61.0. The molecule has 1 aromatic rings. The first kappa shape index (κ1) is 29.9. The molecule has 0 aliphatic carbocycles. The lowest BCUT2D eigenvalue weighted by Crippen LogP contribution is -2.58. The van der Waals surface area contributed by atoms with Gasteiger partial charge in [0.1, 0.15) is 24.2 Å². The molecule has 0 spiro atoms. The second-order valence-electron chi connectivity index (χ2n) is 7.93. The first-order valence-corrected chi connectivity index (χ1v) is 12.2. The third-order valence-corrected chi connectivity index (χ3v) is 5.65. The van der Waals surface area contributed by atoms with Gasteiger partial charge in [-0.3, -0.25) is 19.2 Å².